The quantitative estimate of drug-likeness (QED) is 0.614. The number of anilines is 1. The normalized spacial score (nSPS) is 16.3. The van der Waals surface area contributed by atoms with Gasteiger partial charge in [0.15, 0.2) is 5.76 Å². The summed E-state index contributed by atoms with van der Waals surface area (Å²) >= 11 is 0. The average molecular weight is 394 g/mol. The summed E-state index contributed by atoms with van der Waals surface area (Å²) in [6, 6.07) is 15.3. The van der Waals surface area contributed by atoms with Gasteiger partial charge in [0.05, 0.1) is 11.5 Å². The number of hydrogen-bond donors (Lipinski definition) is 0. The van der Waals surface area contributed by atoms with E-state index in [4.69, 9.17) is 9.26 Å². The van der Waals surface area contributed by atoms with Crippen molar-refractivity contribution in [2.45, 2.75) is 20.0 Å². The highest BCUT2D eigenvalue weighted by Gasteiger charge is 2.36. The Morgan fingerprint density at radius 3 is 2.76 bits per heavy atom. The zero-order chi connectivity index (χ0) is 20.4. The van der Waals surface area contributed by atoms with Crippen molar-refractivity contribution in [3.05, 3.63) is 71.7 Å². The van der Waals surface area contributed by atoms with Gasteiger partial charge in [-0.15, -0.1) is 0 Å². The first-order valence-corrected chi connectivity index (χ1v) is 9.25. The molecule has 3 aromatic rings. The van der Waals surface area contributed by atoms with E-state index >= 15 is 0 Å². The molecule has 29 heavy (non-hydrogen) atoms. The van der Waals surface area contributed by atoms with Crippen LogP contribution in [0.15, 0.2) is 59.1 Å². The Bertz CT molecular complexity index is 1040. The lowest BCUT2D eigenvalue weighted by atomic mass is 10.1. The number of benzene rings is 2. The Morgan fingerprint density at radius 1 is 1.24 bits per heavy atom. The third-order valence-electron chi connectivity index (χ3n) is 4.86. The van der Waals surface area contributed by atoms with Gasteiger partial charge in [-0.3, -0.25) is 9.59 Å². The molecular formula is C22H19FN2O4. The highest BCUT2D eigenvalue weighted by molar-refractivity contribution is 5.99. The van der Waals surface area contributed by atoms with Crippen LogP contribution < -0.4 is 4.90 Å². The second-order valence-electron chi connectivity index (χ2n) is 7.01. The predicted molar refractivity (Wildman–Crippen MR) is 103 cm³/mol. The largest absolute Gasteiger partial charge is 0.459 e. The first kappa shape index (κ1) is 18.9. The van der Waals surface area contributed by atoms with E-state index in [1.807, 2.05) is 31.2 Å². The minimum absolute atomic E-state index is 0.103. The van der Waals surface area contributed by atoms with Gasteiger partial charge in [-0.2, -0.15) is 0 Å². The van der Waals surface area contributed by atoms with Crippen molar-refractivity contribution in [3.63, 3.8) is 0 Å². The fourth-order valence-electron chi connectivity index (χ4n) is 3.27. The first-order valence-electron chi connectivity index (χ1n) is 9.25. The summed E-state index contributed by atoms with van der Waals surface area (Å²) < 4.78 is 24.3. The van der Waals surface area contributed by atoms with Crippen LogP contribution in [0.2, 0.25) is 0 Å². The molecule has 2 aromatic carbocycles. The Balaban J connectivity index is 1.36. The van der Waals surface area contributed by atoms with Crippen LogP contribution in [0.25, 0.3) is 11.3 Å². The molecule has 0 radical (unpaired) electrons. The number of amides is 1. The fourth-order valence-corrected chi connectivity index (χ4v) is 3.27. The zero-order valence-corrected chi connectivity index (χ0v) is 15.8. The van der Waals surface area contributed by atoms with Gasteiger partial charge in [-0.05, 0) is 31.2 Å². The Labute approximate surface area is 166 Å². The van der Waals surface area contributed by atoms with Gasteiger partial charge < -0.3 is 14.2 Å². The van der Waals surface area contributed by atoms with Crippen molar-refractivity contribution < 1.29 is 23.2 Å². The van der Waals surface area contributed by atoms with Gasteiger partial charge in [0, 0.05) is 24.7 Å². The zero-order valence-electron chi connectivity index (χ0n) is 15.8. The molecule has 0 saturated carbocycles. The van der Waals surface area contributed by atoms with E-state index in [-0.39, 0.29) is 36.8 Å². The van der Waals surface area contributed by atoms with Crippen LogP contribution in [-0.4, -0.2) is 23.6 Å². The maximum Gasteiger partial charge on any atom is 0.311 e. The van der Waals surface area contributed by atoms with E-state index in [9.17, 15) is 14.0 Å². The van der Waals surface area contributed by atoms with Gasteiger partial charge in [-0.25, -0.2) is 4.39 Å². The molecule has 0 bridgehead atoms. The molecule has 1 amide bonds. The number of hydrogen-bond acceptors (Lipinski definition) is 5. The molecule has 1 aliphatic rings. The Kier molecular flexibility index (Phi) is 5.12. The van der Waals surface area contributed by atoms with Crippen LogP contribution in [0.1, 0.15) is 17.7 Å². The summed E-state index contributed by atoms with van der Waals surface area (Å²) in [5.74, 6) is -1.28. The molecule has 0 aliphatic carbocycles. The number of esters is 1. The molecular weight excluding hydrogens is 375 g/mol. The second-order valence-corrected chi connectivity index (χ2v) is 7.01. The summed E-state index contributed by atoms with van der Waals surface area (Å²) in [6.07, 6.45) is 0.103. The molecule has 0 spiro atoms. The van der Waals surface area contributed by atoms with E-state index in [1.54, 1.807) is 23.1 Å². The highest BCUT2D eigenvalue weighted by atomic mass is 19.1. The van der Waals surface area contributed by atoms with E-state index in [0.717, 1.165) is 11.3 Å². The second kappa shape index (κ2) is 7.87. The molecule has 1 fully saturated rings. The molecule has 1 aromatic heterocycles. The van der Waals surface area contributed by atoms with Crippen molar-refractivity contribution in [1.29, 1.82) is 0 Å². The van der Waals surface area contributed by atoms with Gasteiger partial charge in [0.1, 0.15) is 18.1 Å². The SMILES string of the molecule is Cc1ccc(N2CC(C(=O)OCc3cc(-c4ccccc4F)on3)CC2=O)cc1. The summed E-state index contributed by atoms with van der Waals surface area (Å²) in [5, 5.41) is 3.82. The third kappa shape index (κ3) is 4.03. The molecule has 1 aliphatic heterocycles. The highest BCUT2D eigenvalue weighted by Crippen LogP contribution is 2.27. The Morgan fingerprint density at radius 2 is 2.00 bits per heavy atom. The van der Waals surface area contributed by atoms with Gasteiger partial charge >= 0.3 is 5.97 Å². The van der Waals surface area contributed by atoms with Crippen LogP contribution in [0.5, 0.6) is 0 Å². The van der Waals surface area contributed by atoms with E-state index in [2.05, 4.69) is 5.16 Å². The maximum absolute atomic E-state index is 13.8. The Hall–Kier alpha value is -3.48. The topological polar surface area (TPSA) is 72.6 Å². The van der Waals surface area contributed by atoms with Crippen LogP contribution in [0.4, 0.5) is 10.1 Å². The van der Waals surface area contributed by atoms with Crippen LogP contribution in [0.3, 0.4) is 0 Å². The number of ether oxygens (including phenoxy) is 1. The lowest BCUT2D eigenvalue weighted by Crippen LogP contribution is -2.26. The number of carbonyl (C=O) groups excluding carboxylic acids is 2. The summed E-state index contributed by atoms with van der Waals surface area (Å²) in [6.45, 7) is 2.14. The van der Waals surface area contributed by atoms with Crippen LogP contribution in [0, 0.1) is 18.7 Å². The van der Waals surface area contributed by atoms with Gasteiger partial charge in [0.25, 0.3) is 0 Å². The molecule has 1 unspecified atom stereocenters. The number of aryl methyl sites for hydroxylation is 1. The van der Waals surface area contributed by atoms with Crippen molar-refractivity contribution in [3.8, 4) is 11.3 Å². The molecule has 4 rings (SSSR count). The predicted octanol–water partition coefficient (Wildman–Crippen LogP) is 3.89. The van der Waals surface area contributed by atoms with Gasteiger partial charge in [-0.1, -0.05) is 35.0 Å². The van der Waals surface area contributed by atoms with Crippen LogP contribution >= 0.6 is 0 Å². The standard InChI is InChI=1S/C22H19FN2O4/c1-14-6-8-17(9-7-14)25-12-15(10-21(25)26)22(27)28-13-16-11-20(29-24-16)18-4-2-3-5-19(18)23/h2-9,11,15H,10,12-13H2,1H3. The maximum atomic E-state index is 13.8. The number of carbonyl (C=O) groups is 2. The van der Waals surface area contributed by atoms with Gasteiger partial charge in [0.2, 0.25) is 5.91 Å². The minimum Gasteiger partial charge on any atom is -0.459 e. The van der Waals surface area contributed by atoms with E-state index in [0.29, 0.717) is 5.69 Å². The van der Waals surface area contributed by atoms with Crippen molar-refractivity contribution >= 4 is 17.6 Å². The van der Waals surface area contributed by atoms with E-state index < -0.39 is 17.7 Å². The number of halogens is 1. The van der Waals surface area contributed by atoms with Crippen molar-refractivity contribution in [1.82, 2.24) is 5.16 Å². The first-order chi connectivity index (χ1) is 14.0. The minimum atomic E-state index is -0.540. The van der Waals surface area contributed by atoms with Crippen molar-refractivity contribution in [2.75, 3.05) is 11.4 Å². The monoisotopic (exact) mass is 394 g/mol. The molecule has 1 saturated heterocycles. The molecule has 0 N–H and O–H groups in total. The average Bonchev–Trinajstić information content (AvgIpc) is 3.34. The lowest BCUT2D eigenvalue weighted by Gasteiger charge is -2.16. The molecule has 2 heterocycles. The lowest BCUT2D eigenvalue weighted by molar-refractivity contribution is -0.149. The number of nitrogens with zero attached hydrogens (tertiary/aromatic N) is 2. The molecule has 148 valence electrons. The smallest absolute Gasteiger partial charge is 0.311 e. The summed E-state index contributed by atoms with van der Waals surface area (Å²) in [4.78, 5) is 26.3. The van der Waals surface area contributed by atoms with E-state index in [1.165, 1.54) is 12.1 Å². The third-order valence-corrected chi connectivity index (χ3v) is 4.86. The summed E-state index contributed by atoms with van der Waals surface area (Å²) in [5.41, 5.74) is 2.52. The number of rotatable bonds is 5. The fraction of sp³-hybridized carbons (Fsp3) is 0.227. The molecule has 1 atom stereocenters. The molecule has 7 heteroatoms. The molecule has 6 nitrogen and oxygen atoms in total. The number of aromatic nitrogens is 1. The summed E-state index contributed by atoms with van der Waals surface area (Å²) in [7, 11) is 0. The van der Waals surface area contributed by atoms with Crippen molar-refractivity contribution in [2.24, 2.45) is 5.92 Å². The van der Waals surface area contributed by atoms with Crippen LogP contribution in [-0.2, 0) is 20.9 Å².